The van der Waals surface area contributed by atoms with Gasteiger partial charge in [0.25, 0.3) is 10.9 Å². The van der Waals surface area contributed by atoms with Gasteiger partial charge in [-0.15, -0.1) is 0 Å². The molecule has 5 rings (SSSR count). The number of fused-ring (bicyclic) bond motifs is 1. The molecule has 0 spiro atoms. The van der Waals surface area contributed by atoms with Gasteiger partial charge in [0.05, 0.1) is 11.5 Å². The number of hydrogen-bond acceptors (Lipinski definition) is 9. The first-order valence-corrected chi connectivity index (χ1v) is 13.8. The number of carbonyl (C=O) groups is 1. The van der Waals surface area contributed by atoms with Crippen molar-refractivity contribution in [2.75, 3.05) is 23.3 Å². The highest BCUT2D eigenvalue weighted by molar-refractivity contribution is 5.86. The van der Waals surface area contributed by atoms with Crippen molar-refractivity contribution in [2.24, 2.45) is 0 Å². The summed E-state index contributed by atoms with van der Waals surface area (Å²) in [6.45, 7) is 6.92. The van der Waals surface area contributed by atoms with Gasteiger partial charge in [-0.1, -0.05) is 25.0 Å². The highest BCUT2D eigenvalue weighted by atomic mass is 16.5. The monoisotopic (exact) mass is 542 g/mol. The number of aromatic nitrogens is 2. The predicted octanol–water partition coefficient (Wildman–Crippen LogP) is 4.68. The van der Waals surface area contributed by atoms with E-state index in [0.29, 0.717) is 17.3 Å². The summed E-state index contributed by atoms with van der Waals surface area (Å²) in [4.78, 5) is 48.9. The van der Waals surface area contributed by atoms with Gasteiger partial charge in [-0.2, -0.15) is 0 Å². The maximum absolute atomic E-state index is 13.1. The van der Waals surface area contributed by atoms with E-state index in [-0.39, 0.29) is 18.2 Å². The van der Waals surface area contributed by atoms with Gasteiger partial charge in [-0.05, 0) is 68.8 Å². The first-order chi connectivity index (χ1) is 19.3. The molecule has 9 nitrogen and oxygen atoms in total. The maximum atomic E-state index is 13.1. The zero-order valence-electron chi connectivity index (χ0n) is 23.1. The van der Waals surface area contributed by atoms with Crippen LogP contribution in [0.5, 0.6) is 11.6 Å². The molecular weight excluding hydrogens is 508 g/mol. The number of nitrogens with zero attached hydrogens (tertiary/aromatic N) is 3. The first kappa shape index (κ1) is 27.3. The average Bonchev–Trinajstić information content (AvgIpc) is 3.21. The molecule has 0 unspecified atom stereocenters. The quantitative estimate of drug-likeness (QED) is 0.238. The normalized spacial score (nSPS) is 14.8. The second-order valence-corrected chi connectivity index (χ2v) is 10.6. The molecule has 0 radical (unpaired) electrons. The molecule has 1 aliphatic rings. The van der Waals surface area contributed by atoms with Crippen molar-refractivity contribution in [3.8, 4) is 11.6 Å². The molecule has 1 aliphatic heterocycles. The molecule has 1 fully saturated rings. The topological polar surface area (TPSA) is 111 Å². The van der Waals surface area contributed by atoms with Gasteiger partial charge < -0.3 is 19.7 Å². The van der Waals surface area contributed by atoms with Gasteiger partial charge in [0, 0.05) is 37.6 Å². The Balaban J connectivity index is 1.35. The van der Waals surface area contributed by atoms with Gasteiger partial charge in [-0.25, -0.2) is 9.78 Å². The molecule has 0 aliphatic carbocycles. The molecular formula is C31H34N4O5. The van der Waals surface area contributed by atoms with Gasteiger partial charge >= 0.3 is 5.97 Å². The molecule has 2 aromatic heterocycles. The Labute approximate surface area is 232 Å². The van der Waals surface area contributed by atoms with Crippen molar-refractivity contribution in [3.63, 3.8) is 0 Å². The lowest BCUT2D eigenvalue weighted by Crippen LogP contribution is -2.46. The number of anilines is 2. The molecule has 1 saturated heterocycles. The van der Waals surface area contributed by atoms with Crippen LogP contribution in [0.15, 0.2) is 58.4 Å². The van der Waals surface area contributed by atoms with E-state index in [2.05, 4.69) is 15.3 Å². The Morgan fingerprint density at radius 1 is 1.02 bits per heavy atom. The van der Waals surface area contributed by atoms with Crippen molar-refractivity contribution >= 4 is 28.1 Å². The molecule has 9 heteroatoms. The number of nitrogens with one attached hydrogen (secondary N) is 1. The molecule has 3 heterocycles. The van der Waals surface area contributed by atoms with Crippen molar-refractivity contribution in [3.05, 3.63) is 80.5 Å². The van der Waals surface area contributed by atoms with E-state index in [0.717, 1.165) is 60.8 Å². The number of rotatable bonds is 9. The number of hydrogen-bond donors (Lipinski definition) is 1. The highest BCUT2D eigenvalue weighted by Crippen LogP contribution is 2.29. The Morgan fingerprint density at radius 3 is 2.45 bits per heavy atom. The van der Waals surface area contributed by atoms with Crippen molar-refractivity contribution in [1.82, 2.24) is 9.97 Å². The SMILES string of the molecule is Cc1cc2ccncc2c(Oc2ccc(C[C@H](Nc3c(N4CCCCCC4)c(=O)c3=O)C(=O)OC(C)C)cc2)n1. The van der Waals surface area contributed by atoms with Crippen LogP contribution in [0.3, 0.4) is 0 Å². The first-order valence-electron chi connectivity index (χ1n) is 13.8. The summed E-state index contributed by atoms with van der Waals surface area (Å²) >= 11 is 0. The van der Waals surface area contributed by atoms with Crippen LogP contribution in [-0.4, -0.2) is 41.2 Å². The number of esters is 1. The Kier molecular flexibility index (Phi) is 8.09. The molecule has 4 aromatic rings. The van der Waals surface area contributed by atoms with Gasteiger partial charge in [0.1, 0.15) is 23.2 Å². The van der Waals surface area contributed by atoms with E-state index in [4.69, 9.17) is 9.47 Å². The lowest BCUT2D eigenvalue weighted by Gasteiger charge is -2.28. The van der Waals surface area contributed by atoms with Crippen molar-refractivity contribution < 1.29 is 14.3 Å². The third-order valence-corrected chi connectivity index (χ3v) is 7.07. The zero-order valence-corrected chi connectivity index (χ0v) is 23.1. The van der Waals surface area contributed by atoms with E-state index < -0.39 is 22.9 Å². The van der Waals surface area contributed by atoms with Crippen molar-refractivity contribution in [1.29, 1.82) is 0 Å². The Bertz CT molecular complexity index is 1570. The summed E-state index contributed by atoms with van der Waals surface area (Å²) in [5.41, 5.74) is 1.20. The van der Waals surface area contributed by atoms with Gasteiger partial charge in [-0.3, -0.25) is 14.6 Å². The molecule has 0 saturated carbocycles. The van der Waals surface area contributed by atoms with Crippen LogP contribution in [0.1, 0.15) is 50.8 Å². The zero-order chi connectivity index (χ0) is 28.2. The minimum absolute atomic E-state index is 0.212. The maximum Gasteiger partial charge on any atom is 0.329 e. The fourth-order valence-electron chi connectivity index (χ4n) is 5.10. The van der Waals surface area contributed by atoms with Crippen LogP contribution in [0.25, 0.3) is 10.8 Å². The lowest BCUT2D eigenvalue weighted by molar-refractivity contribution is -0.148. The largest absolute Gasteiger partial charge is 0.461 e. The number of carbonyl (C=O) groups excluding carboxylic acids is 1. The Hall–Kier alpha value is -4.27. The van der Waals surface area contributed by atoms with Gasteiger partial charge in [0.15, 0.2) is 0 Å². The molecule has 0 bridgehead atoms. The number of pyridine rings is 2. The second-order valence-electron chi connectivity index (χ2n) is 10.6. The third-order valence-electron chi connectivity index (χ3n) is 7.07. The number of benzene rings is 1. The third kappa shape index (κ3) is 5.98. The van der Waals surface area contributed by atoms with E-state index >= 15 is 0 Å². The summed E-state index contributed by atoms with van der Waals surface area (Å²) < 4.78 is 11.6. The summed E-state index contributed by atoms with van der Waals surface area (Å²) in [7, 11) is 0. The van der Waals surface area contributed by atoms with E-state index in [1.807, 2.05) is 48.2 Å². The number of aryl methyl sites for hydroxylation is 1. The van der Waals surface area contributed by atoms with E-state index in [9.17, 15) is 14.4 Å². The summed E-state index contributed by atoms with van der Waals surface area (Å²) in [5, 5.41) is 4.88. The highest BCUT2D eigenvalue weighted by Gasteiger charge is 2.31. The predicted molar refractivity (Wildman–Crippen MR) is 155 cm³/mol. The van der Waals surface area contributed by atoms with Crippen LogP contribution >= 0.6 is 0 Å². The van der Waals surface area contributed by atoms with Crippen LogP contribution in [-0.2, 0) is 16.0 Å². The van der Waals surface area contributed by atoms with Crippen LogP contribution in [0.4, 0.5) is 11.4 Å². The van der Waals surface area contributed by atoms with Crippen LogP contribution < -0.4 is 25.8 Å². The average molecular weight is 543 g/mol. The van der Waals surface area contributed by atoms with Crippen molar-refractivity contribution in [2.45, 2.75) is 65.0 Å². The molecule has 208 valence electrons. The fourth-order valence-corrected chi connectivity index (χ4v) is 5.10. The molecule has 1 N–H and O–H groups in total. The fraction of sp³-hybridized carbons (Fsp3) is 0.387. The summed E-state index contributed by atoms with van der Waals surface area (Å²) in [6, 6.07) is 10.4. The molecule has 0 amide bonds. The minimum atomic E-state index is -0.836. The molecule has 1 atom stereocenters. The Morgan fingerprint density at radius 2 is 1.75 bits per heavy atom. The summed E-state index contributed by atoms with van der Waals surface area (Å²) in [5.74, 6) is 0.581. The number of ether oxygens (including phenoxy) is 2. The smallest absolute Gasteiger partial charge is 0.329 e. The minimum Gasteiger partial charge on any atom is -0.461 e. The van der Waals surface area contributed by atoms with Gasteiger partial charge in [0.2, 0.25) is 5.88 Å². The standard InChI is InChI=1S/C31H34N4O5/c1-19(2)39-31(38)25(34-26-27(29(37)28(26)36)35-14-6-4-5-7-15-35)17-21-8-10-23(11-9-21)40-30-24-18-32-13-12-22(24)16-20(3)33-30/h8-13,16,18-19,25,34H,4-7,14-15,17H2,1-3H3/t25-/m0/s1. The molecule has 40 heavy (non-hydrogen) atoms. The van der Waals surface area contributed by atoms with E-state index in [1.54, 1.807) is 26.2 Å². The lowest BCUT2D eigenvalue weighted by atomic mass is 10.0. The van der Waals surface area contributed by atoms with E-state index in [1.165, 1.54) is 0 Å². The van der Waals surface area contributed by atoms with Crippen LogP contribution in [0.2, 0.25) is 0 Å². The second kappa shape index (κ2) is 11.9. The molecule has 2 aromatic carbocycles. The summed E-state index contributed by atoms with van der Waals surface area (Å²) in [6.07, 6.45) is 7.54. The van der Waals surface area contributed by atoms with Crippen LogP contribution in [0, 0.1) is 6.92 Å².